The van der Waals surface area contributed by atoms with Crippen LogP contribution in [0, 0.1) is 0 Å². The SMILES string of the molecule is c1ccc(N(c2ccc3c(c2)C2(c4ccccc4S3)c3ccccc3-c3ccccc32)c2ccc3c(c2)sc2c4ccccc4ccc32)cc1. The number of anilines is 3. The van der Waals surface area contributed by atoms with Gasteiger partial charge in [0.1, 0.15) is 0 Å². The van der Waals surface area contributed by atoms with Crippen LogP contribution in [0.2, 0.25) is 0 Å². The van der Waals surface area contributed by atoms with E-state index in [0.717, 1.165) is 17.1 Å². The van der Waals surface area contributed by atoms with Crippen LogP contribution >= 0.6 is 23.1 Å². The highest BCUT2D eigenvalue weighted by molar-refractivity contribution is 7.99. The van der Waals surface area contributed by atoms with Gasteiger partial charge in [-0.3, -0.25) is 0 Å². The maximum Gasteiger partial charge on any atom is 0.0736 e. The average molecular weight is 672 g/mol. The second-order valence-corrected chi connectivity index (χ2v) is 15.4. The number of rotatable bonds is 3. The Morgan fingerprint density at radius 3 is 1.84 bits per heavy atom. The first-order valence-corrected chi connectivity index (χ1v) is 18.7. The second-order valence-electron chi connectivity index (χ2n) is 13.2. The Bertz CT molecular complexity index is 2770. The van der Waals surface area contributed by atoms with E-state index in [-0.39, 0.29) is 0 Å². The van der Waals surface area contributed by atoms with Crippen molar-refractivity contribution in [2.75, 3.05) is 4.90 Å². The summed E-state index contributed by atoms with van der Waals surface area (Å²) in [5.41, 5.74) is 11.1. The largest absolute Gasteiger partial charge is 0.310 e. The number of thiophene rings is 1. The molecule has 0 saturated carbocycles. The molecule has 0 unspecified atom stereocenters. The average Bonchev–Trinajstić information content (AvgIpc) is 3.70. The van der Waals surface area contributed by atoms with Crippen LogP contribution in [-0.2, 0) is 5.41 Å². The van der Waals surface area contributed by atoms with E-state index in [4.69, 9.17) is 0 Å². The normalized spacial score (nSPS) is 13.7. The van der Waals surface area contributed by atoms with Gasteiger partial charge in [0.2, 0.25) is 0 Å². The lowest BCUT2D eigenvalue weighted by atomic mass is 9.67. The molecule has 0 fully saturated rings. The van der Waals surface area contributed by atoms with Crippen molar-refractivity contribution in [2.45, 2.75) is 15.2 Å². The van der Waals surface area contributed by atoms with Gasteiger partial charge in [0.25, 0.3) is 0 Å². The van der Waals surface area contributed by atoms with E-state index in [0.29, 0.717) is 0 Å². The van der Waals surface area contributed by atoms with E-state index in [1.54, 1.807) is 0 Å². The Hall–Kier alpha value is -5.61. The van der Waals surface area contributed by atoms with Gasteiger partial charge in [-0.15, -0.1) is 11.3 Å². The molecule has 11 rings (SSSR count). The van der Waals surface area contributed by atoms with E-state index in [1.165, 1.54) is 74.1 Å². The molecule has 1 aliphatic heterocycles. The van der Waals surface area contributed by atoms with Crippen molar-refractivity contribution >= 4 is 71.1 Å². The van der Waals surface area contributed by atoms with Gasteiger partial charge < -0.3 is 4.90 Å². The van der Waals surface area contributed by atoms with Crippen LogP contribution < -0.4 is 4.90 Å². The molecule has 8 aromatic carbocycles. The Kier molecular flexibility index (Phi) is 6.04. The van der Waals surface area contributed by atoms with Crippen molar-refractivity contribution in [1.29, 1.82) is 0 Å². The maximum atomic E-state index is 2.48. The van der Waals surface area contributed by atoms with Crippen LogP contribution in [0.15, 0.2) is 186 Å². The lowest BCUT2D eigenvalue weighted by Crippen LogP contribution is -2.32. The summed E-state index contributed by atoms with van der Waals surface area (Å²) in [5, 5.41) is 5.24. The number of para-hydroxylation sites is 1. The fourth-order valence-electron chi connectivity index (χ4n) is 8.64. The van der Waals surface area contributed by atoms with Crippen LogP contribution in [-0.4, -0.2) is 0 Å². The zero-order valence-corrected chi connectivity index (χ0v) is 28.6. The third-order valence-corrected chi connectivity index (χ3v) is 13.1. The number of benzene rings is 8. The Balaban J connectivity index is 1.17. The number of hydrogen-bond acceptors (Lipinski definition) is 3. The zero-order chi connectivity index (χ0) is 32.8. The molecule has 234 valence electrons. The number of hydrogen-bond donors (Lipinski definition) is 0. The molecule has 9 aromatic rings. The molecule has 50 heavy (non-hydrogen) atoms. The fraction of sp³-hybridized carbons (Fsp3) is 0.0213. The van der Waals surface area contributed by atoms with E-state index >= 15 is 0 Å². The first-order chi connectivity index (χ1) is 24.8. The first kappa shape index (κ1) is 28.3. The van der Waals surface area contributed by atoms with Crippen molar-refractivity contribution in [2.24, 2.45) is 0 Å². The minimum atomic E-state index is -0.417. The van der Waals surface area contributed by atoms with Gasteiger partial charge in [0, 0.05) is 47.0 Å². The predicted octanol–water partition coefficient (Wildman–Crippen LogP) is 13.5. The lowest BCUT2D eigenvalue weighted by Gasteiger charge is -2.40. The van der Waals surface area contributed by atoms with Gasteiger partial charge in [-0.05, 0) is 92.7 Å². The molecule has 0 amide bonds. The zero-order valence-electron chi connectivity index (χ0n) is 27.0. The summed E-state index contributed by atoms with van der Waals surface area (Å²) < 4.78 is 2.65. The van der Waals surface area contributed by atoms with Gasteiger partial charge >= 0.3 is 0 Å². The molecule has 1 aliphatic carbocycles. The topological polar surface area (TPSA) is 3.24 Å². The molecule has 1 aromatic heterocycles. The van der Waals surface area contributed by atoms with Crippen LogP contribution in [0.5, 0.6) is 0 Å². The summed E-state index contributed by atoms with van der Waals surface area (Å²) in [6.07, 6.45) is 0. The quantitative estimate of drug-likeness (QED) is 0.184. The minimum Gasteiger partial charge on any atom is -0.310 e. The van der Waals surface area contributed by atoms with Crippen LogP contribution in [0.4, 0.5) is 17.1 Å². The number of fused-ring (bicyclic) bond motifs is 14. The van der Waals surface area contributed by atoms with Gasteiger partial charge in [-0.2, -0.15) is 0 Å². The molecule has 0 N–H and O–H groups in total. The van der Waals surface area contributed by atoms with Gasteiger partial charge in [-0.1, -0.05) is 139 Å². The highest BCUT2D eigenvalue weighted by Gasteiger charge is 2.50. The van der Waals surface area contributed by atoms with Crippen molar-refractivity contribution in [1.82, 2.24) is 0 Å². The van der Waals surface area contributed by atoms with Crippen LogP contribution in [0.3, 0.4) is 0 Å². The van der Waals surface area contributed by atoms with Crippen molar-refractivity contribution < 1.29 is 0 Å². The van der Waals surface area contributed by atoms with Crippen LogP contribution in [0.1, 0.15) is 22.3 Å². The predicted molar refractivity (Wildman–Crippen MR) is 213 cm³/mol. The summed E-state index contributed by atoms with van der Waals surface area (Å²) in [4.78, 5) is 5.06. The van der Waals surface area contributed by atoms with E-state index < -0.39 is 5.41 Å². The molecule has 2 aliphatic rings. The molecule has 0 atom stereocenters. The molecular formula is C47H29NS2. The molecule has 0 bridgehead atoms. The van der Waals surface area contributed by atoms with E-state index in [2.05, 4.69) is 181 Å². The maximum absolute atomic E-state index is 2.48. The molecule has 3 heteroatoms. The molecular weight excluding hydrogens is 643 g/mol. The second kappa shape index (κ2) is 10.7. The summed E-state index contributed by atoms with van der Waals surface area (Å²) in [7, 11) is 0. The Morgan fingerprint density at radius 1 is 0.400 bits per heavy atom. The fourth-order valence-corrected chi connectivity index (χ4v) is 11.1. The molecule has 1 nitrogen and oxygen atoms in total. The summed E-state index contributed by atoms with van der Waals surface area (Å²) in [5.74, 6) is 0. The highest BCUT2D eigenvalue weighted by Crippen LogP contribution is 2.62. The van der Waals surface area contributed by atoms with Gasteiger partial charge in [-0.25, -0.2) is 0 Å². The smallest absolute Gasteiger partial charge is 0.0736 e. The van der Waals surface area contributed by atoms with Crippen LogP contribution in [0.25, 0.3) is 42.1 Å². The Labute approximate surface area is 299 Å². The van der Waals surface area contributed by atoms with E-state index in [9.17, 15) is 0 Å². The van der Waals surface area contributed by atoms with E-state index in [1.807, 2.05) is 23.1 Å². The third kappa shape index (κ3) is 3.85. The molecule has 0 saturated heterocycles. The minimum absolute atomic E-state index is 0.417. The van der Waals surface area contributed by atoms with Gasteiger partial charge in [0.15, 0.2) is 0 Å². The summed E-state index contributed by atoms with van der Waals surface area (Å²) in [6.45, 7) is 0. The van der Waals surface area contributed by atoms with Gasteiger partial charge in [0.05, 0.1) is 5.41 Å². The summed E-state index contributed by atoms with van der Waals surface area (Å²) in [6, 6.07) is 65.4. The standard InChI is InChI=1S/C47H29NS2/c1-2-13-31(14-3-1)48(33-23-26-37-38-25-22-30-12-4-5-15-34(30)46(38)50-45(37)29-33)32-24-27-44-42(28-32)47(41-20-10-11-21-43(41)49-44)39-18-8-6-16-35(39)36-17-7-9-19-40(36)47/h1-29H. The summed E-state index contributed by atoms with van der Waals surface area (Å²) >= 11 is 3.79. The van der Waals surface area contributed by atoms with Crippen molar-refractivity contribution in [3.63, 3.8) is 0 Å². The lowest BCUT2D eigenvalue weighted by molar-refractivity contribution is 0.722. The number of nitrogens with zero attached hydrogens (tertiary/aromatic N) is 1. The third-order valence-electron chi connectivity index (χ3n) is 10.7. The van der Waals surface area contributed by atoms with Crippen molar-refractivity contribution in [3.05, 3.63) is 198 Å². The molecule has 2 heterocycles. The monoisotopic (exact) mass is 671 g/mol. The highest BCUT2D eigenvalue weighted by atomic mass is 32.2. The first-order valence-electron chi connectivity index (χ1n) is 17.1. The molecule has 0 radical (unpaired) electrons. The Morgan fingerprint density at radius 2 is 1.02 bits per heavy atom. The molecule has 1 spiro atoms. The van der Waals surface area contributed by atoms with Crippen molar-refractivity contribution in [3.8, 4) is 11.1 Å².